The Morgan fingerprint density at radius 2 is 1.22 bits per heavy atom. The number of aromatic nitrogens is 1. The molecule has 9 aliphatic rings. The quantitative estimate of drug-likeness (QED) is 0.0726. The summed E-state index contributed by atoms with van der Waals surface area (Å²) in [4.78, 5) is 17.8. The van der Waals surface area contributed by atoms with Gasteiger partial charge in [-0.3, -0.25) is 4.98 Å². The van der Waals surface area contributed by atoms with E-state index in [2.05, 4.69) is 11.9 Å². The van der Waals surface area contributed by atoms with Gasteiger partial charge in [0.2, 0.25) is 0 Å². The van der Waals surface area contributed by atoms with Gasteiger partial charge in [0.15, 0.2) is 31.5 Å². The molecule has 1 aromatic rings. The SMILES string of the molecule is COC1CC(OC2CCC3(C)C(=CCC4(O)C3CC(OC(=O)c3cccnc3)C3(C)C(O)(C(C)O)CCC43O)C2)OC(C)C1OC1CC(OC)C(OC2CC(OC)C(OC3OC(C)C(OC4OC(CO)C(O)C(O)C4O)C(OC)C3O)C(C)O2)C(C)O1. The number of esters is 1. The molecule has 10 rings (SSSR count). The van der Waals surface area contributed by atoms with Crippen LogP contribution < -0.4 is 0 Å². The second-order valence-corrected chi connectivity index (χ2v) is 26.2. The molecule has 3 saturated carbocycles. The van der Waals surface area contributed by atoms with E-state index in [1.54, 1.807) is 53.3 Å². The molecule has 8 fully saturated rings. The van der Waals surface area contributed by atoms with Crippen molar-refractivity contribution in [2.45, 2.75) is 283 Å². The first-order chi connectivity index (χ1) is 41.2. The van der Waals surface area contributed by atoms with Crippen molar-refractivity contribution in [3.05, 3.63) is 41.7 Å². The highest BCUT2D eigenvalue weighted by atomic mass is 16.8. The number of hydrogen-bond acceptors (Lipinski definition) is 26. The smallest absolute Gasteiger partial charge is 0.339 e. The molecule has 87 heavy (non-hydrogen) atoms. The van der Waals surface area contributed by atoms with Gasteiger partial charge in [0, 0.05) is 66.0 Å². The third kappa shape index (κ3) is 11.9. The van der Waals surface area contributed by atoms with Gasteiger partial charge in [-0.15, -0.1) is 0 Å². The number of aliphatic hydroxyl groups is 9. The van der Waals surface area contributed by atoms with Crippen LogP contribution in [0.2, 0.25) is 0 Å². The number of carbonyl (C=O) groups excluding carboxylic acids is 1. The molecule has 26 nitrogen and oxygen atoms in total. The fourth-order valence-corrected chi connectivity index (χ4v) is 16.5. The van der Waals surface area contributed by atoms with Crippen LogP contribution >= 0.6 is 0 Å². The molecule has 1 aromatic heterocycles. The number of aliphatic hydroxyl groups excluding tert-OH is 6. The number of ether oxygens (including phenoxy) is 15. The molecule has 5 aliphatic heterocycles. The van der Waals surface area contributed by atoms with Crippen molar-refractivity contribution < 1.29 is 122 Å². The molecule has 26 heteroatoms. The van der Waals surface area contributed by atoms with Gasteiger partial charge in [0.25, 0.3) is 0 Å². The van der Waals surface area contributed by atoms with Gasteiger partial charge >= 0.3 is 5.97 Å². The van der Waals surface area contributed by atoms with Crippen LogP contribution in [-0.2, 0) is 71.1 Å². The highest BCUT2D eigenvalue weighted by molar-refractivity contribution is 5.89. The lowest BCUT2D eigenvalue weighted by atomic mass is 9.42. The number of nitrogens with zero attached hydrogens (tertiary/aromatic N) is 1. The van der Waals surface area contributed by atoms with E-state index in [4.69, 9.17) is 71.1 Å². The molecule has 494 valence electrons. The summed E-state index contributed by atoms with van der Waals surface area (Å²) in [5.41, 5.74) is -6.59. The minimum Gasteiger partial charge on any atom is -0.458 e. The number of pyridine rings is 1. The molecule has 0 radical (unpaired) electrons. The van der Waals surface area contributed by atoms with Gasteiger partial charge < -0.3 is 117 Å². The van der Waals surface area contributed by atoms with Gasteiger partial charge in [-0.25, -0.2) is 4.79 Å². The largest absolute Gasteiger partial charge is 0.458 e. The van der Waals surface area contributed by atoms with E-state index in [0.717, 1.165) is 5.57 Å². The molecule has 0 spiro atoms. The van der Waals surface area contributed by atoms with Crippen LogP contribution in [0.4, 0.5) is 0 Å². The summed E-state index contributed by atoms with van der Waals surface area (Å²) in [6, 6.07) is 3.20. The van der Waals surface area contributed by atoms with E-state index in [1.807, 2.05) is 19.9 Å². The summed E-state index contributed by atoms with van der Waals surface area (Å²) in [5.74, 6) is -1.27. The number of methoxy groups -OCH3 is 4. The molecule has 5 saturated heterocycles. The molecule has 0 aromatic carbocycles. The van der Waals surface area contributed by atoms with Crippen LogP contribution in [0.25, 0.3) is 0 Å². The third-order valence-corrected chi connectivity index (χ3v) is 21.6. The maximum Gasteiger partial charge on any atom is 0.339 e. The number of hydrogen-bond donors (Lipinski definition) is 9. The Morgan fingerprint density at radius 3 is 1.76 bits per heavy atom. The van der Waals surface area contributed by atoms with E-state index in [0.29, 0.717) is 32.1 Å². The van der Waals surface area contributed by atoms with Crippen molar-refractivity contribution in [3.63, 3.8) is 0 Å². The van der Waals surface area contributed by atoms with Crippen LogP contribution in [0.3, 0.4) is 0 Å². The fourth-order valence-electron chi connectivity index (χ4n) is 16.5. The van der Waals surface area contributed by atoms with Crippen molar-refractivity contribution in [1.82, 2.24) is 4.98 Å². The summed E-state index contributed by atoms with van der Waals surface area (Å²) in [7, 11) is 6.10. The lowest BCUT2D eigenvalue weighted by Gasteiger charge is -2.67. The van der Waals surface area contributed by atoms with Crippen LogP contribution in [0.5, 0.6) is 0 Å². The summed E-state index contributed by atoms with van der Waals surface area (Å²) >= 11 is 0. The van der Waals surface area contributed by atoms with Gasteiger partial charge in [-0.1, -0.05) is 25.5 Å². The van der Waals surface area contributed by atoms with Gasteiger partial charge in [-0.05, 0) is 97.1 Å². The average Bonchev–Trinajstić information content (AvgIpc) is 1.61. The first-order valence-corrected chi connectivity index (χ1v) is 30.9. The van der Waals surface area contributed by atoms with Crippen molar-refractivity contribution in [2.24, 2.45) is 16.7 Å². The standard InChI is InChI=1S/C61H95NO25/c1-28-49(36(73-8)22-42(77-28)81-35-15-16-57(6)34(21-35)14-17-60(71)40(57)25-41(83-54(69)33-13-12-20-62-26-33)58(7)59(70,32(5)64)18-19-61(58,60)72)84-43-23-37(74-9)50(29(2)78-43)85-44-24-38(75-10)51(30(3)79-44)86-56-48(68)53(76-11)52(31(4)80-56)87-55-47(67)46(66)45(65)39(27-63)82-55/h12-14,20,26,28-32,35-53,55-56,63-68,70-72H,15-19,21-25,27H2,1-11H3. The van der Waals surface area contributed by atoms with Crippen molar-refractivity contribution in [3.8, 4) is 0 Å². The van der Waals surface area contributed by atoms with Crippen molar-refractivity contribution in [2.75, 3.05) is 35.0 Å². The average molecular weight is 1240 g/mol. The molecule has 31 unspecified atom stereocenters. The minimum absolute atomic E-state index is 0.0122. The lowest BCUT2D eigenvalue weighted by Crippen LogP contribution is -2.78. The Kier molecular flexibility index (Phi) is 20.5. The van der Waals surface area contributed by atoms with Gasteiger partial charge in [-0.2, -0.15) is 0 Å². The molecule has 0 amide bonds. The Balaban J connectivity index is 0.728. The van der Waals surface area contributed by atoms with Crippen LogP contribution in [0, 0.1) is 16.7 Å². The Labute approximate surface area is 507 Å². The van der Waals surface area contributed by atoms with Crippen molar-refractivity contribution >= 4 is 5.97 Å². The fraction of sp³-hybridized carbons (Fsp3) is 0.869. The topological polar surface area (TPSA) is 350 Å². The van der Waals surface area contributed by atoms with E-state index in [1.165, 1.54) is 27.3 Å². The number of rotatable bonds is 18. The zero-order valence-corrected chi connectivity index (χ0v) is 51.7. The van der Waals surface area contributed by atoms with Crippen LogP contribution in [0.1, 0.15) is 123 Å². The molecule has 0 bridgehead atoms. The Bertz CT molecular complexity index is 2500. The third-order valence-electron chi connectivity index (χ3n) is 21.6. The number of fused-ring (bicyclic) bond motifs is 5. The number of carbonyl (C=O) groups is 1. The second-order valence-electron chi connectivity index (χ2n) is 26.2. The summed E-state index contributed by atoms with van der Waals surface area (Å²) in [5, 5.41) is 102. The molecule has 4 aliphatic carbocycles. The normalized spacial score (nSPS) is 50.5. The van der Waals surface area contributed by atoms with Crippen LogP contribution in [-0.4, -0.2) is 262 Å². The van der Waals surface area contributed by atoms with Crippen LogP contribution in [0.15, 0.2) is 36.2 Å². The lowest BCUT2D eigenvalue weighted by molar-refractivity contribution is -0.374. The predicted octanol–water partition coefficient (Wildman–Crippen LogP) is 0.818. The van der Waals surface area contributed by atoms with E-state index >= 15 is 0 Å². The minimum atomic E-state index is -1.94. The van der Waals surface area contributed by atoms with Gasteiger partial charge in [0.1, 0.15) is 83.9 Å². The summed E-state index contributed by atoms with van der Waals surface area (Å²) in [6.45, 7) is 11.7. The second kappa shape index (κ2) is 26.4. The Hall–Kier alpha value is -2.56. The maximum atomic E-state index is 13.8. The first kappa shape index (κ1) is 67.3. The Morgan fingerprint density at radius 1 is 0.667 bits per heavy atom. The van der Waals surface area contributed by atoms with E-state index in [9.17, 15) is 50.8 Å². The molecule has 31 atom stereocenters. The maximum absolute atomic E-state index is 13.8. The summed E-state index contributed by atoms with van der Waals surface area (Å²) in [6.07, 6.45) is -15.6. The van der Waals surface area contributed by atoms with Gasteiger partial charge in [0.05, 0.1) is 72.5 Å². The predicted molar refractivity (Wildman–Crippen MR) is 299 cm³/mol. The molecule has 6 heterocycles. The molecule has 9 N–H and O–H groups in total. The summed E-state index contributed by atoms with van der Waals surface area (Å²) < 4.78 is 93.6. The van der Waals surface area contributed by atoms with Crippen molar-refractivity contribution in [1.29, 1.82) is 0 Å². The van der Waals surface area contributed by atoms with E-state index in [-0.39, 0.29) is 43.8 Å². The monoisotopic (exact) mass is 1240 g/mol. The zero-order chi connectivity index (χ0) is 62.9. The molecular weight excluding hydrogens is 1150 g/mol. The first-order valence-electron chi connectivity index (χ1n) is 30.9. The highest BCUT2D eigenvalue weighted by Crippen LogP contribution is 2.71. The van der Waals surface area contributed by atoms with E-state index < -0.39 is 194 Å². The molecular formula is C61H95NO25. The highest BCUT2D eigenvalue weighted by Gasteiger charge is 2.81. The zero-order valence-electron chi connectivity index (χ0n) is 51.7.